The minimum atomic E-state index is -0.875. The maximum atomic E-state index is 11.6. The second-order valence-electron chi connectivity index (χ2n) is 9.84. The summed E-state index contributed by atoms with van der Waals surface area (Å²) in [6, 6.07) is 23.8. The first-order valence-electron chi connectivity index (χ1n) is 11.6. The Kier molecular flexibility index (Phi) is 8.06. The maximum absolute atomic E-state index is 11.6. The van der Waals surface area contributed by atoms with E-state index in [-0.39, 0.29) is 5.54 Å². The number of aliphatic hydroxyl groups excluding tert-OH is 1. The van der Waals surface area contributed by atoms with E-state index in [0.29, 0.717) is 18.0 Å². The van der Waals surface area contributed by atoms with Crippen molar-refractivity contribution in [2.75, 3.05) is 6.54 Å². The highest BCUT2D eigenvalue weighted by atomic mass is 16.4. The second-order valence-corrected chi connectivity index (χ2v) is 9.84. The van der Waals surface area contributed by atoms with Gasteiger partial charge in [-0.15, -0.1) is 0 Å². The summed E-state index contributed by atoms with van der Waals surface area (Å²) in [7, 11) is 0. The third kappa shape index (κ3) is 7.01. The molecule has 0 saturated carbocycles. The van der Waals surface area contributed by atoms with E-state index < -0.39 is 12.1 Å². The number of carboxylic acid groups (broad SMARTS) is 1. The van der Waals surface area contributed by atoms with E-state index in [9.17, 15) is 15.0 Å². The number of hydrogen-bond donors (Lipinski definition) is 3. The minimum absolute atomic E-state index is 0.176. The molecule has 3 aromatic carbocycles. The van der Waals surface area contributed by atoms with E-state index >= 15 is 0 Å². The third-order valence-electron chi connectivity index (χ3n) is 5.86. The lowest BCUT2D eigenvalue weighted by Gasteiger charge is -2.28. The van der Waals surface area contributed by atoms with Gasteiger partial charge in [0.25, 0.3) is 0 Å². The van der Waals surface area contributed by atoms with Gasteiger partial charge in [-0.1, -0.05) is 80.6 Å². The van der Waals surface area contributed by atoms with Crippen molar-refractivity contribution in [1.29, 1.82) is 0 Å². The topological polar surface area (TPSA) is 69.6 Å². The molecule has 0 saturated heterocycles. The van der Waals surface area contributed by atoms with Crippen molar-refractivity contribution in [2.45, 2.75) is 52.2 Å². The number of carboxylic acids is 1. The summed E-state index contributed by atoms with van der Waals surface area (Å²) in [5.41, 5.74) is 5.31. The summed E-state index contributed by atoms with van der Waals surface area (Å²) in [4.78, 5) is 11.6. The van der Waals surface area contributed by atoms with Crippen LogP contribution >= 0.6 is 0 Å². The van der Waals surface area contributed by atoms with Crippen LogP contribution in [0.4, 0.5) is 0 Å². The lowest BCUT2D eigenvalue weighted by Crippen LogP contribution is -2.43. The van der Waals surface area contributed by atoms with Crippen LogP contribution in [0.3, 0.4) is 0 Å². The minimum Gasteiger partial charge on any atom is -0.478 e. The summed E-state index contributed by atoms with van der Waals surface area (Å²) in [6.07, 6.45) is 1.02. The molecule has 0 amide bonds. The van der Waals surface area contributed by atoms with Gasteiger partial charge in [0.05, 0.1) is 11.7 Å². The van der Waals surface area contributed by atoms with Gasteiger partial charge in [0.2, 0.25) is 0 Å². The molecule has 0 heterocycles. The molecule has 0 fully saturated rings. The lowest BCUT2D eigenvalue weighted by atomic mass is 9.91. The monoisotopic (exact) mass is 445 g/mol. The van der Waals surface area contributed by atoms with Gasteiger partial charge in [-0.25, -0.2) is 4.79 Å². The van der Waals surface area contributed by atoms with Crippen LogP contribution in [0.2, 0.25) is 0 Å². The summed E-state index contributed by atoms with van der Waals surface area (Å²) in [6.45, 7) is 8.97. The van der Waals surface area contributed by atoms with E-state index in [0.717, 1.165) is 35.1 Å². The highest BCUT2D eigenvalue weighted by molar-refractivity contribution is 5.90. The normalized spacial score (nSPS) is 12.7. The molecular formula is C29H35NO3. The molecule has 0 spiro atoms. The van der Waals surface area contributed by atoms with E-state index in [1.807, 2.05) is 42.5 Å². The number of nitrogens with one attached hydrogen (secondary N) is 1. The van der Waals surface area contributed by atoms with Gasteiger partial charge in [0, 0.05) is 12.1 Å². The van der Waals surface area contributed by atoms with Gasteiger partial charge in [-0.2, -0.15) is 0 Å². The predicted molar refractivity (Wildman–Crippen MR) is 135 cm³/mol. The first-order chi connectivity index (χ1) is 15.6. The van der Waals surface area contributed by atoms with Gasteiger partial charge in [0.15, 0.2) is 0 Å². The standard InChI is InChI=1S/C29H35NO3/c1-20(2)16-25-17-24(14-15-26(25)28(32)33)22-12-10-21(11-13-22)18-29(3,4)30-19-27(31)23-8-6-5-7-9-23/h5-15,17,20,27,30-31H,16,18-19H2,1-4H3,(H,32,33)/t27-/m0/s1. The molecule has 4 heteroatoms. The number of carbonyl (C=O) groups is 1. The summed E-state index contributed by atoms with van der Waals surface area (Å²) < 4.78 is 0. The highest BCUT2D eigenvalue weighted by Gasteiger charge is 2.20. The van der Waals surface area contributed by atoms with Crippen molar-refractivity contribution < 1.29 is 15.0 Å². The van der Waals surface area contributed by atoms with Crippen molar-refractivity contribution in [1.82, 2.24) is 5.32 Å². The Morgan fingerprint density at radius 2 is 1.58 bits per heavy atom. The number of β-amino-alcohol motifs (C(OH)–C–C–N with tert-alkyl or cyclic N) is 1. The first-order valence-corrected chi connectivity index (χ1v) is 11.6. The molecule has 0 aliphatic heterocycles. The molecule has 0 unspecified atom stereocenters. The predicted octanol–water partition coefficient (Wildman–Crippen LogP) is 5.89. The molecule has 0 aliphatic carbocycles. The quantitative estimate of drug-likeness (QED) is 0.364. The zero-order chi connectivity index (χ0) is 24.0. The van der Waals surface area contributed by atoms with Crippen molar-refractivity contribution in [3.63, 3.8) is 0 Å². The Bertz CT molecular complexity index is 1060. The van der Waals surface area contributed by atoms with E-state index in [1.165, 1.54) is 5.56 Å². The van der Waals surface area contributed by atoms with Gasteiger partial charge in [-0.05, 0) is 66.5 Å². The average Bonchev–Trinajstić information content (AvgIpc) is 2.78. The van der Waals surface area contributed by atoms with Crippen molar-refractivity contribution in [3.05, 3.63) is 95.1 Å². The van der Waals surface area contributed by atoms with Crippen LogP contribution in [0, 0.1) is 5.92 Å². The Labute approximate surface area is 197 Å². The highest BCUT2D eigenvalue weighted by Crippen LogP contribution is 2.26. The van der Waals surface area contributed by atoms with E-state index in [4.69, 9.17) is 0 Å². The summed E-state index contributed by atoms with van der Waals surface area (Å²) >= 11 is 0. The number of aliphatic hydroxyl groups is 1. The van der Waals surface area contributed by atoms with Gasteiger partial charge < -0.3 is 15.5 Å². The van der Waals surface area contributed by atoms with Crippen molar-refractivity contribution in [2.24, 2.45) is 5.92 Å². The molecular weight excluding hydrogens is 410 g/mol. The SMILES string of the molecule is CC(C)Cc1cc(-c2ccc(CC(C)(C)NC[C@H](O)c3ccccc3)cc2)ccc1C(=O)O. The fourth-order valence-corrected chi connectivity index (χ4v) is 4.14. The van der Waals surface area contributed by atoms with Gasteiger partial charge >= 0.3 is 5.97 Å². The lowest BCUT2D eigenvalue weighted by molar-refractivity contribution is 0.0695. The van der Waals surface area contributed by atoms with Crippen LogP contribution < -0.4 is 5.32 Å². The third-order valence-corrected chi connectivity index (χ3v) is 5.86. The number of rotatable bonds is 10. The van der Waals surface area contributed by atoms with Crippen LogP contribution in [0.5, 0.6) is 0 Å². The Hall–Kier alpha value is -2.95. The van der Waals surface area contributed by atoms with Crippen LogP contribution in [0.25, 0.3) is 11.1 Å². The van der Waals surface area contributed by atoms with Crippen molar-refractivity contribution >= 4 is 5.97 Å². The van der Waals surface area contributed by atoms with Crippen molar-refractivity contribution in [3.8, 4) is 11.1 Å². The Morgan fingerprint density at radius 1 is 0.939 bits per heavy atom. The van der Waals surface area contributed by atoms with Crippen LogP contribution in [-0.4, -0.2) is 28.3 Å². The molecule has 4 nitrogen and oxygen atoms in total. The second kappa shape index (κ2) is 10.8. The summed E-state index contributed by atoms with van der Waals surface area (Å²) in [5, 5.41) is 23.4. The van der Waals surface area contributed by atoms with Crippen LogP contribution in [0.1, 0.15) is 60.8 Å². The van der Waals surface area contributed by atoms with Gasteiger partial charge in [0.1, 0.15) is 0 Å². The molecule has 0 aliphatic rings. The first kappa shape index (κ1) is 24.7. The molecule has 174 valence electrons. The molecule has 0 bridgehead atoms. The van der Waals surface area contributed by atoms with Gasteiger partial charge in [-0.3, -0.25) is 0 Å². The molecule has 3 aromatic rings. The molecule has 3 N–H and O–H groups in total. The molecule has 0 radical (unpaired) electrons. The number of aromatic carboxylic acids is 1. The van der Waals surface area contributed by atoms with E-state index in [2.05, 4.69) is 57.3 Å². The van der Waals surface area contributed by atoms with Crippen LogP contribution in [-0.2, 0) is 12.8 Å². The Morgan fingerprint density at radius 3 is 2.18 bits per heavy atom. The smallest absolute Gasteiger partial charge is 0.335 e. The fraction of sp³-hybridized carbons (Fsp3) is 0.345. The van der Waals surface area contributed by atoms with E-state index in [1.54, 1.807) is 6.07 Å². The number of benzene rings is 3. The Balaban J connectivity index is 1.67. The molecule has 1 atom stereocenters. The zero-order valence-electron chi connectivity index (χ0n) is 20.0. The molecule has 0 aromatic heterocycles. The fourth-order valence-electron chi connectivity index (χ4n) is 4.14. The summed E-state index contributed by atoms with van der Waals surface area (Å²) in [5.74, 6) is -0.490. The van der Waals surface area contributed by atoms with Crippen LogP contribution in [0.15, 0.2) is 72.8 Å². The molecule has 33 heavy (non-hydrogen) atoms. The molecule has 3 rings (SSSR count). The average molecular weight is 446 g/mol. The number of hydrogen-bond acceptors (Lipinski definition) is 3. The largest absolute Gasteiger partial charge is 0.478 e. The maximum Gasteiger partial charge on any atom is 0.335 e. The zero-order valence-corrected chi connectivity index (χ0v) is 20.0.